The molecule has 1 aromatic rings. The van der Waals surface area contributed by atoms with Gasteiger partial charge in [0, 0.05) is 64.1 Å². The minimum atomic E-state index is -0.108. The average Bonchev–Trinajstić information content (AvgIpc) is 2.83. The van der Waals surface area contributed by atoms with Gasteiger partial charge in [0.25, 0.3) is 0 Å². The van der Waals surface area contributed by atoms with Gasteiger partial charge in [0.15, 0.2) is 0 Å². The minimum Gasteiger partial charge on any atom is -0.379 e. The van der Waals surface area contributed by atoms with E-state index < -0.39 is 0 Å². The van der Waals surface area contributed by atoms with Crippen LogP contribution in [0.2, 0.25) is 0 Å². The summed E-state index contributed by atoms with van der Waals surface area (Å²) < 4.78 is 5.41. The van der Waals surface area contributed by atoms with Crippen LogP contribution in [0.1, 0.15) is 56.9 Å². The van der Waals surface area contributed by atoms with Crippen LogP contribution in [-0.4, -0.2) is 78.7 Å². The first-order valence-corrected chi connectivity index (χ1v) is 12.2. The number of aromatic nitrogens is 1. The van der Waals surface area contributed by atoms with Crippen LogP contribution >= 0.6 is 0 Å². The molecule has 8 heteroatoms. The first-order chi connectivity index (χ1) is 15.7. The Hall–Kier alpha value is -2.19. The summed E-state index contributed by atoms with van der Waals surface area (Å²) in [6.45, 7) is 6.34. The van der Waals surface area contributed by atoms with Crippen LogP contribution in [0.15, 0.2) is 24.5 Å². The Kier molecular flexibility index (Phi) is 10.7. The molecule has 0 unspecified atom stereocenters. The summed E-state index contributed by atoms with van der Waals surface area (Å²) in [5, 5.41) is 5.97. The summed E-state index contributed by atoms with van der Waals surface area (Å²) >= 11 is 0. The molecule has 2 N–H and O–H groups in total. The molecule has 3 rings (SSSR count). The molecule has 3 amide bonds. The molecule has 8 nitrogen and oxygen atoms in total. The third-order valence-electron chi connectivity index (χ3n) is 6.27. The summed E-state index contributed by atoms with van der Waals surface area (Å²) in [4.78, 5) is 33.4. The summed E-state index contributed by atoms with van der Waals surface area (Å²) in [6.07, 6.45) is 11.3. The van der Waals surface area contributed by atoms with Crippen molar-refractivity contribution in [1.82, 2.24) is 25.4 Å². The lowest BCUT2D eigenvalue weighted by Gasteiger charge is -2.28. The highest BCUT2D eigenvalue weighted by atomic mass is 16.5. The highest BCUT2D eigenvalue weighted by molar-refractivity contribution is 5.76. The fraction of sp³-hybridized carbons (Fsp3) is 0.708. The molecule has 2 heterocycles. The number of nitrogens with zero attached hydrogens (tertiary/aromatic N) is 3. The zero-order valence-corrected chi connectivity index (χ0v) is 19.3. The van der Waals surface area contributed by atoms with Crippen LogP contribution in [0.3, 0.4) is 0 Å². The summed E-state index contributed by atoms with van der Waals surface area (Å²) in [5.41, 5.74) is 1.09. The molecule has 0 radical (unpaired) electrons. The molecule has 0 aromatic carbocycles. The van der Waals surface area contributed by atoms with Gasteiger partial charge < -0.3 is 20.3 Å². The lowest BCUT2D eigenvalue weighted by Crippen LogP contribution is -2.43. The van der Waals surface area contributed by atoms with Crippen molar-refractivity contribution in [3.63, 3.8) is 0 Å². The van der Waals surface area contributed by atoms with E-state index in [0.29, 0.717) is 32.0 Å². The number of nitrogens with one attached hydrogen (secondary N) is 2. The first-order valence-electron chi connectivity index (χ1n) is 12.2. The van der Waals surface area contributed by atoms with Gasteiger partial charge in [-0.2, -0.15) is 0 Å². The summed E-state index contributed by atoms with van der Waals surface area (Å²) in [5.74, 6) is 0.137. The number of hydrogen-bond donors (Lipinski definition) is 2. The number of amides is 3. The molecule has 0 bridgehead atoms. The van der Waals surface area contributed by atoms with Gasteiger partial charge in [-0.25, -0.2) is 4.79 Å². The molecule has 0 spiro atoms. The Morgan fingerprint density at radius 3 is 2.59 bits per heavy atom. The number of morpholine rings is 1. The summed E-state index contributed by atoms with van der Waals surface area (Å²) in [6, 6.07) is 4.11. The number of urea groups is 1. The van der Waals surface area contributed by atoms with E-state index in [9.17, 15) is 9.59 Å². The predicted molar refractivity (Wildman–Crippen MR) is 124 cm³/mol. The smallest absolute Gasteiger partial charge is 0.315 e. The normalized spacial score (nSPS) is 17.6. The van der Waals surface area contributed by atoms with Crippen molar-refractivity contribution in [3.05, 3.63) is 30.1 Å². The molecular formula is C24H39N5O3. The van der Waals surface area contributed by atoms with Crippen molar-refractivity contribution in [2.75, 3.05) is 45.9 Å². The number of pyridine rings is 1. The van der Waals surface area contributed by atoms with E-state index in [1.54, 1.807) is 12.4 Å². The van der Waals surface area contributed by atoms with Crippen molar-refractivity contribution in [2.24, 2.45) is 0 Å². The van der Waals surface area contributed by atoms with Crippen LogP contribution in [0.5, 0.6) is 0 Å². The number of carbonyl (C=O) groups excluding carboxylic acids is 2. The second-order valence-corrected chi connectivity index (χ2v) is 8.82. The van der Waals surface area contributed by atoms with Gasteiger partial charge in [-0.1, -0.05) is 19.3 Å². The second kappa shape index (κ2) is 14.1. The van der Waals surface area contributed by atoms with Crippen molar-refractivity contribution < 1.29 is 14.3 Å². The minimum absolute atomic E-state index is 0.108. The Labute approximate surface area is 192 Å². The van der Waals surface area contributed by atoms with Crippen molar-refractivity contribution in [2.45, 2.75) is 64.0 Å². The third kappa shape index (κ3) is 9.12. The zero-order valence-electron chi connectivity index (χ0n) is 19.3. The molecule has 0 atom stereocenters. The van der Waals surface area contributed by atoms with Gasteiger partial charge in [-0.05, 0) is 43.4 Å². The third-order valence-corrected chi connectivity index (χ3v) is 6.27. The van der Waals surface area contributed by atoms with Crippen molar-refractivity contribution >= 4 is 11.9 Å². The molecule has 1 saturated heterocycles. The molecule has 1 aliphatic carbocycles. The second-order valence-electron chi connectivity index (χ2n) is 8.82. The van der Waals surface area contributed by atoms with Gasteiger partial charge >= 0.3 is 6.03 Å². The van der Waals surface area contributed by atoms with Crippen LogP contribution in [0, 0.1) is 0 Å². The Morgan fingerprint density at radius 2 is 1.84 bits per heavy atom. The van der Waals surface area contributed by atoms with Gasteiger partial charge in [0.1, 0.15) is 0 Å². The first kappa shape index (κ1) is 24.5. The zero-order chi connectivity index (χ0) is 22.4. The fourth-order valence-corrected chi connectivity index (χ4v) is 4.39. The topological polar surface area (TPSA) is 86.8 Å². The predicted octanol–water partition coefficient (Wildman–Crippen LogP) is 2.54. The summed E-state index contributed by atoms with van der Waals surface area (Å²) in [7, 11) is 0. The van der Waals surface area contributed by atoms with E-state index in [2.05, 4.69) is 20.5 Å². The van der Waals surface area contributed by atoms with Gasteiger partial charge in [0.2, 0.25) is 5.91 Å². The van der Waals surface area contributed by atoms with Crippen LogP contribution < -0.4 is 10.6 Å². The molecule has 32 heavy (non-hydrogen) atoms. The molecule has 178 valence electrons. The van der Waals surface area contributed by atoms with E-state index in [0.717, 1.165) is 64.2 Å². The van der Waals surface area contributed by atoms with Gasteiger partial charge in [-0.3, -0.25) is 14.7 Å². The van der Waals surface area contributed by atoms with Crippen LogP contribution in [0.4, 0.5) is 4.79 Å². The standard InChI is InChI=1S/C24H39N5O3/c30-23(8-4-11-26-24(31)27-22-6-2-1-3-7-22)29(20-21-9-12-25-13-10-21)15-5-14-28-16-18-32-19-17-28/h9-10,12-13,22H,1-8,11,14-20H2,(H2,26,27,31). The number of hydrogen-bond acceptors (Lipinski definition) is 5. The van der Waals surface area contributed by atoms with E-state index in [4.69, 9.17) is 4.74 Å². The van der Waals surface area contributed by atoms with Crippen molar-refractivity contribution in [1.29, 1.82) is 0 Å². The Balaban J connectivity index is 1.38. The maximum atomic E-state index is 12.9. The van der Waals surface area contributed by atoms with E-state index in [1.165, 1.54) is 19.3 Å². The quantitative estimate of drug-likeness (QED) is 0.511. The maximum absolute atomic E-state index is 12.9. The SMILES string of the molecule is O=C(NCCCC(=O)N(CCCN1CCOCC1)Cc1ccncc1)NC1CCCCC1. The van der Waals surface area contributed by atoms with Crippen LogP contribution in [0.25, 0.3) is 0 Å². The Morgan fingerprint density at radius 1 is 1.09 bits per heavy atom. The van der Waals surface area contributed by atoms with Gasteiger partial charge in [-0.15, -0.1) is 0 Å². The lowest BCUT2D eigenvalue weighted by atomic mass is 9.96. The van der Waals surface area contributed by atoms with Crippen molar-refractivity contribution in [3.8, 4) is 0 Å². The lowest BCUT2D eigenvalue weighted by molar-refractivity contribution is -0.132. The fourth-order valence-electron chi connectivity index (χ4n) is 4.39. The molecule has 1 aliphatic heterocycles. The van der Waals surface area contributed by atoms with E-state index in [-0.39, 0.29) is 11.9 Å². The maximum Gasteiger partial charge on any atom is 0.315 e. The highest BCUT2D eigenvalue weighted by Gasteiger charge is 2.17. The van der Waals surface area contributed by atoms with Gasteiger partial charge in [0.05, 0.1) is 13.2 Å². The molecule has 1 saturated carbocycles. The molecule has 2 fully saturated rings. The highest BCUT2D eigenvalue weighted by Crippen LogP contribution is 2.17. The Bertz CT molecular complexity index is 675. The largest absolute Gasteiger partial charge is 0.379 e. The number of rotatable bonds is 11. The molecule has 1 aromatic heterocycles. The number of carbonyl (C=O) groups is 2. The van der Waals surface area contributed by atoms with E-state index in [1.807, 2.05) is 17.0 Å². The number of ether oxygens (including phenoxy) is 1. The monoisotopic (exact) mass is 445 g/mol. The average molecular weight is 446 g/mol. The van der Waals surface area contributed by atoms with E-state index >= 15 is 0 Å². The molecular weight excluding hydrogens is 406 g/mol. The van der Waals surface area contributed by atoms with Crippen LogP contribution in [-0.2, 0) is 16.1 Å². The molecule has 2 aliphatic rings.